The molecular weight excluding hydrogens is 272 g/mol. The molecule has 22 heavy (non-hydrogen) atoms. The number of carbonyl (C=O) groups is 1. The van der Waals surface area contributed by atoms with E-state index in [9.17, 15) is 9.90 Å². The van der Waals surface area contributed by atoms with E-state index in [1.807, 2.05) is 0 Å². The van der Waals surface area contributed by atoms with Gasteiger partial charge < -0.3 is 5.11 Å². The highest BCUT2D eigenvalue weighted by molar-refractivity contribution is 5.83. The molecule has 0 spiro atoms. The molecular formula is C20H32O2. The maximum Gasteiger partial charge on any atom is 0.161 e. The molecule has 0 bridgehead atoms. The molecule has 1 N–H and O–H groups in total. The summed E-state index contributed by atoms with van der Waals surface area (Å²) in [6, 6.07) is 0. The number of fused-ring (bicyclic) bond motifs is 5. The fraction of sp³-hybridized carbons (Fsp3) is 0.950. The molecule has 4 rings (SSSR count). The van der Waals surface area contributed by atoms with Gasteiger partial charge in [-0.2, -0.15) is 0 Å². The minimum atomic E-state index is -0.244. The highest BCUT2D eigenvalue weighted by Crippen LogP contribution is 2.64. The van der Waals surface area contributed by atoms with Gasteiger partial charge in [-0.25, -0.2) is 0 Å². The van der Waals surface area contributed by atoms with Gasteiger partial charge in [0.2, 0.25) is 0 Å². The number of Topliss-reactive ketones (excluding diaryl/α,β-unsaturated/α-hetero) is 1. The van der Waals surface area contributed by atoms with Crippen LogP contribution in [0.15, 0.2) is 0 Å². The molecule has 0 aromatic rings. The zero-order valence-electron chi connectivity index (χ0n) is 14.1. The minimum absolute atomic E-state index is 0.120. The molecule has 0 aromatic heterocycles. The van der Waals surface area contributed by atoms with Crippen LogP contribution in [0.3, 0.4) is 0 Å². The summed E-state index contributed by atoms with van der Waals surface area (Å²) in [6.45, 7) is 2.14. The van der Waals surface area contributed by atoms with E-state index in [4.69, 9.17) is 0 Å². The van der Waals surface area contributed by atoms with Crippen molar-refractivity contribution in [2.75, 3.05) is 6.61 Å². The van der Waals surface area contributed by atoms with E-state index in [1.54, 1.807) is 0 Å². The smallest absolute Gasteiger partial charge is 0.161 e. The molecule has 0 aromatic carbocycles. The molecule has 4 aliphatic rings. The second-order valence-electron chi connectivity index (χ2n) is 9.02. The third-order valence-electron chi connectivity index (χ3n) is 8.43. The number of carbonyl (C=O) groups excluding carboxylic acids is 1. The van der Waals surface area contributed by atoms with Crippen molar-refractivity contribution in [1.29, 1.82) is 0 Å². The molecule has 0 amide bonds. The fourth-order valence-corrected chi connectivity index (χ4v) is 7.47. The minimum Gasteiger partial charge on any atom is -0.389 e. The van der Waals surface area contributed by atoms with E-state index in [0.29, 0.717) is 0 Å². The van der Waals surface area contributed by atoms with E-state index in [0.717, 1.165) is 36.0 Å². The van der Waals surface area contributed by atoms with Crippen molar-refractivity contribution in [1.82, 2.24) is 0 Å². The maximum atomic E-state index is 12.2. The van der Waals surface area contributed by atoms with E-state index >= 15 is 0 Å². The Balaban J connectivity index is 1.57. The lowest BCUT2D eigenvalue weighted by Gasteiger charge is -2.55. The molecule has 7 atom stereocenters. The van der Waals surface area contributed by atoms with Gasteiger partial charge in [0, 0.05) is 5.92 Å². The number of hydrogen-bond donors (Lipinski definition) is 1. The van der Waals surface area contributed by atoms with Crippen LogP contribution >= 0.6 is 0 Å². The Hall–Kier alpha value is -0.370. The van der Waals surface area contributed by atoms with Crippen LogP contribution in [0.2, 0.25) is 0 Å². The number of rotatable bonds is 2. The zero-order valence-corrected chi connectivity index (χ0v) is 14.1. The summed E-state index contributed by atoms with van der Waals surface area (Å²) < 4.78 is 0. The molecule has 2 heteroatoms. The quantitative estimate of drug-likeness (QED) is 0.830. The summed E-state index contributed by atoms with van der Waals surface area (Å²) in [5, 5.41) is 9.34. The summed E-state index contributed by atoms with van der Waals surface area (Å²) >= 11 is 0. The molecule has 4 saturated carbocycles. The summed E-state index contributed by atoms with van der Waals surface area (Å²) in [6.07, 6.45) is 13.6. The average Bonchev–Trinajstić information content (AvgIpc) is 2.91. The van der Waals surface area contributed by atoms with Crippen LogP contribution in [0.25, 0.3) is 0 Å². The number of ketones is 1. The maximum absolute atomic E-state index is 12.2. The Kier molecular flexibility index (Phi) is 3.87. The van der Waals surface area contributed by atoms with Crippen molar-refractivity contribution in [3.05, 3.63) is 0 Å². The predicted octanol–water partition coefficient (Wildman–Crippen LogP) is 4.21. The zero-order chi connectivity index (χ0) is 15.3. The van der Waals surface area contributed by atoms with E-state index in [-0.39, 0.29) is 23.7 Å². The van der Waals surface area contributed by atoms with Crippen molar-refractivity contribution in [2.24, 2.45) is 40.9 Å². The van der Waals surface area contributed by atoms with Crippen LogP contribution in [-0.2, 0) is 4.79 Å². The van der Waals surface area contributed by atoms with Gasteiger partial charge in [-0.3, -0.25) is 4.79 Å². The molecule has 0 radical (unpaired) electrons. The SMILES string of the molecule is CC12CCC3C4CCCCC4CCC3C1CCC2C(=O)CO. The van der Waals surface area contributed by atoms with Crippen molar-refractivity contribution in [3.63, 3.8) is 0 Å². The van der Waals surface area contributed by atoms with Gasteiger partial charge in [-0.1, -0.05) is 26.2 Å². The van der Waals surface area contributed by atoms with Crippen molar-refractivity contribution in [2.45, 2.75) is 71.1 Å². The van der Waals surface area contributed by atoms with Crippen LogP contribution in [0.4, 0.5) is 0 Å². The molecule has 124 valence electrons. The second kappa shape index (κ2) is 5.61. The van der Waals surface area contributed by atoms with Gasteiger partial charge in [0.05, 0.1) is 0 Å². The summed E-state index contributed by atoms with van der Waals surface area (Å²) in [5.41, 5.74) is 0.197. The van der Waals surface area contributed by atoms with E-state index in [1.165, 1.54) is 57.8 Å². The van der Waals surface area contributed by atoms with Gasteiger partial charge >= 0.3 is 0 Å². The molecule has 2 nitrogen and oxygen atoms in total. The second-order valence-corrected chi connectivity index (χ2v) is 9.02. The summed E-state index contributed by atoms with van der Waals surface area (Å²) in [7, 11) is 0. The summed E-state index contributed by atoms with van der Waals surface area (Å²) in [5.74, 6) is 4.90. The lowest BCUT2D eigenvalue weighted by atomic mass is 9.49. The average molecular weight is 304 g/mol. The topological polar surface area (TPSA) is 37.3 Å². The first-order valence-electron chi connectivity index (χ1n) is 9.78. The molecule has 0 saturated heterocycles. The monoisotopic (exact) mass is 304 g/mol. The van der Waals surface area contributed by atoms with E-state index < -0.39 is 0 Å². The molecule has 0 heterocycles. The van der Waals surface area contributed by atoms with Gasteiger partial charge in [0.1, 0.15) is 6.61 Å². The molecule has 4 fully saturated rings. The van der Waals surface area contributed by atoms with Crippen molar-refractivity contribution >= 4 is 5.78 Å². The highest BCUT2D eigenvalue weighted by atomic mass is 16.3. The standard InChI is InChI=1S/C20H32O2/c1-20-11-10-15-14-5-3-2-4-13(14)6-7-16(15)17(20)8-9-18(20)19(22)12-21/h13-18,21H,2-12H2,1H3. The number of aliphatic hydroxyl groups excluding tert-OH is 1. The van der Waals surface area contributed by atoms with Gasteiger partial charge in [0.25, 0.3) is 0 Å². The predicted molar refractivity (Wildman–Crippen MR) is 87.3 cm³/mol. The number of hydrogen-bond acceptors (Lipinski definition) is 2. The molecule has 4 aliphatic carbocycles. The first kappa shape index (κ1) is 15.2. The Morgan fingerprint density at radius 1 is 0.955 bits per heavy atom. The van der Waals surface area contributed by atoms with Gasteiger partial charge in [0.15, 0.2) is 5.78 Å². The Morgan fingerprint density at radius 3 is 2.59 bits per heavy atom. The fourth-order valence-electron chi connectivity index (χ4n) is 7.47. The Labute approximate surface area is 135 Å². The van der Waals surface area contributed by atoms with Crippen LogP contribution < -0.4 is 0 Å². The van der Waals surface area contributed by atoms with E-state index in [2.05, 4.69) is 6.92 Å². The van der Waals surface area contributed by atoms with Crippen molar-refractivity contribution < 1.29 is 9.90 Å². The van der Waals surface area contributed by atoms with Gasteiger partial charge in [-0.05, 0) is 80.0 Å². The lowest BCUT2D eigenvalue weighted by Crippen LogP contribution is -2.49. The highest BCUT2D eigenvalue weighted by Gasteiger charge is 2.57. The first-order valence-corrected chi connectivity index (χ1v) is 9.78. The number of aliphatic hydroxyl groups is 1. The Morgan fingerprint density at radius 2 is 1.77 bits per heavy atom. The largest absolute Gasteiger partial charge is 0.389 e. The lowest BCUT2D eigenvalue weighted by molar-refractivity contribution is -0.133. The molecule has 0 aliphatic heterocycles. The summed E-state index contributed by atoms with van der Waals surface area (Å²) in [4.78, 5) is 12.2. The Bertz CT molecular complexity index is 445. The third-order valence-corrected chi connectivity index (χ3v) is 8.43. The van der Waals surface area contributed by atoms with Gasteiger partial charge in [-0.15, -0.1) is 0 Å². The van der Waals surface area contributed by atoms with Crippen LogP contribution in [0, 0.1) is 40.9 Å². The van der Waals surface area contributed by atoms with Crippen molar-refractivity contribution in [3.8, 4) is 0 Å². The normalized spacial score (nSPS) is 50.8. The van der Waals surface area contributed by atoms with Crippen LogP contribution in [0.1, 0.15) is 71.1 Å². The first-order chi connectivity index (χ1) is 10.6. The molecule has 7 unspecified atom stereocenters. The third kappa shape index (κ3) is 2.12. The van der Waals surface area contributed by atoms with Crippen LogP contribution in [0.5, 0.6) is 0 Å². The van der Waals surface area contributed by atoms with Crippen LogP contribution in [-0.4, -0.2) is 17.5 Å².